The molecule has 3 aromatic rings. The number of furan rings is 1. The molecule has 2 aromatic heterocycles. The molecule has 1 aromatic carbocycles. The summed E-state index contributed by atoms with van der Waals surface area (Å²) in [6, 6.07) is 13.6. The highest BCUT2D eigenvalue weighted by Gasteiger charge is 2.16. The zero-order chi connectivity index (χ0) is 16.4. The summed E-state index contributed by atoms with van der Waals surface area (Å²) in [5, 5.41) is 7.38. The van der Waals surface area contributed by atoms with Gasteiger partial charge in [0, 0.05) is 6.07 Å². The number of rotatable bonds is 4. The van der Waals surface area contributed by atoms with Crippen LogP contribution in [0.1, 0.15) is 33.1 Å². The first kappa shape index (κ1) is 15.1. The summed E-state index contributed by atoms with van der Waals surface area (Å²) in [6.45, 7) is 6.13. The van der Waals surface area contributed by atoms with Gasteiger partial charge in [0.05, 0.1) is 17.8 Å². The maximum atomic E-state index is 12.4. The Balaban J connectivity index is 1.83. The molecule has 0 fully saturated rings. The number of aromatic nitrogens is 2. The third kappa shape index (κ3) is 3.34. The first-order chi connectivity index (χ1) is 11.0. The van der Waals surface area contributed by atoms with Gasteiger partial charge < -0.3 is 9.73 Å². The Kier molecular flexibility index (Phi) is 4.02. The summed E-state index contributed by atoms with van der Waals surface area (Å²) in [5.74, 6) is 1.83. The molecule has 118 valence electrons. The van der Waals surface area contributed by atoms with E-state index in [-0.39, 0.29) is 5.91 Å². The number of nitrogens with zero attached hydrogens (tertiary/aromatic N) is 2. The van der Waals surface area contributed by atoms with Gasteiger partial charge in [-0.15, -0.1) is 0 Å². The summed E-state index contributed by atoms with van der Waals surface area (Å²) >= 11 is 0. The topological polar surface area (TPSA) is 60.1 Å². The number of nitrogens with one attached hydrogen (secondary N) is 1. The van der Waals surface area contributed by atoms with Gasteiger partial charge in [0.25, 0.3) is 5.91 Å². The van der Waals surface area contributed by atoms with E-state index < -0.39 is 0 Å². The lowest BCUT2D eigenvalue weighted by Crippen LogP contribution is -2.16. The monoisotopic (exact) mass is 309 g/mol. The van der Waals surface area contributed by atoms with Crippen molar-refractivity contribution in [1.82, 2.24) is 9.78 Å². The van der Waals surface area contributed by atoms with Crippen LogP contribution in [0.4, 0.5) is 5.82 Å². The van der Waals surface area contributed by atoms with Gasteiger partial charge in [-0.3, -0.25) is 4.79 Å². The van der Waals surface area contributed by atoms with Crippen LogP contribution in [-0.2, 0) is 6.54 Å². The SMILES string of the molecule is Cc1cc(NC(=O)c2cc(C)oc2C)n(Cc2ccccc2)n1. The second-order valence-corrected chi connectivity index (χ2v) is 5.60. The molecule has 0 radical (unpaired) electrons. The van der Waals surface area contributed by atoms with Crippen molar-refractivity contribution in [1.29, 1.82) is 0 Å². The van der Waals surface area contributed by atoms with E-state index >= 15 is 0 Å². The molecule has 0 saturated heterocycles. The molecule has 3 rings (SSSR count). The van der Waals surface area contributed by atoms with Gasteiger partial charge in [-0.1, -0.05) is 30.3 Å². The largest absolute Gasteiger partial charge is 0.466 e. The summed E-state index contributed by atoms with van der Waals surface area (Å²) < 4.78 is 7.22. The molecule has 1 amide bonds. The second-order valence-electron chi connectivity index (χ2n) is 5.60. The Morgan fingerprint density at radius 1 is 1.17 bits per heavy atom. The van der Waals surface area contributed by atoms with E-state index in [2.05, 4.69) is 10.4 Å². The van der Waals surface area contributed by atoms with Gasteiger partial charge in [-0.25, -0.2) is 4.68 Å². The number of benzene rings is 1. The molecule has 0 aliphatic carbocycles. The van der Waals surface area contributed by atoms with Crippen molar-refractivity contribution in [3.63, 3.8) is 0 Å². The molecular formula is C18H19N3O2. The smallest absolute Gasteiger partial charge is 0.260 e. The number of hydrogen-bond acceptors (Lipinski definition) is 3. The summed E-state index contributed by atoms with van der Waals surface area (Å²) in [6.07, 6.45) is 0. The molecule has 1 N–H and O–H groups in total. The highest BCUT2D eigenvalue weighted by atomic mass is 16.3. The van der Waals surface area contributed by atoms with E-state index in [1.165, 1.54) is 0 Å². The number of anilines is 1. The predicted octanol–water partition coefficient (Wildman–Crippen LogP) is 3.70. The van der Waals surface area contributed by atoms with E-state index in [4.69, 9.17) is 4.42 Å². The number of hydrogen-bond donors (Lipinski definition) is 1. The van der Waals surface area contributed by atoms with Crippen LogP contribution < -0.4 is 5.32 Å². The van der Waals surface area contributed by atoms with Crippen LogP contribution in [0, 0.1) is 20.8 Å². The van der Waals surface area contributed by atoms with Crippen molar-refractivity contribution in [2.24, 2.45) is 0 Å². The van der Waals surface area contributed by atoms with Crippen molar-refractivity contribution < 1.29 is 9.21 Å². The van der Waals surface area contributed by atoms with Crippen LogP contribution in [0.15, 0.2) is 46.9 Å². The molecule has 0 bridgehead atoms. The Hall–Kier alpha value is -2.82. The van der Waals surface area contributed by atoms with Crippen molar-refractivity contribution in [2.45, 2.75) is 27.3 Å². The van der Waals surface area contributed by atoms with E-state index in [1.807, 2.05) is 50.2 Å². The molecule has 5 heteroatoms. The maximum Gasteiger partial charge on any atom is 0.260 e. The van der Waals surface area contributed by atoms with Crippen LogP contribution in [0.2, 0.25) is 0 Å². The average molecular weight is 309 g/mol. The molecule has 0 atom stereocenters. The molecule has 5 nitrogen and oxygen atoms in total. The first-order valence-corrected chi connectivity index (χ1v) is 7.49. The van der Waals surface area contributed by atoms with E-state index in [0.717, 1.165) is 17.0 Å². The molecule has 2 heterocycles. The molecule has 0 saturated carbocycles. The fourth-order valence-electron chi connectivity index (χ4n) is 2.56. The summed E-state index contributed by atoms with van der Waals surface area (Å²) in [7, 11) is 0. The molecule has 0 aliphatic heterocycles. The van der Waals surface area contributed by atoms with E-state index in [0.29, 0.717) is 23.7 Å². The van der Waals surface area contributed by atoms with Crippen molar-refractivity contribution >= 4 is 11.7 Å². The highest BCUT2D eigenvalue weighted by molar-refractivity contribution is 6.04. The van der Waals surface area contributed by atoms with Crippen molar-refractivity contribution in [3.8, 4) is 0 Å². The number of aryl methyl sites for hydroxylation is 3. The standard InChI is InChI=1S/C18H19N3O2/c1-12-9-17(19-18(22)16-10-13(2)23-14(16)3)21(20-12)11-15-7-5-4-6-8-15/h4-10H,11H2,1-3H3,(H,19,22). The Labute approximate surface area is 134 Å². The van der Waals surface area contributed by atoms with Gasteiger partial charge in [0.15, 0.2) is 0 Å². The molecule has 0 unspecified atom stereocenters. The van der Waals surface area contributed by atoms with Gasteiger partial charge >= 0.3 is 0 Å². The number of amides is 1. The summed E-state index contributed by atoms with van der Waals surface area (Å²) in [4.78, 5) is 12.4. The molecule has 23 heavy (non-hydrogen) atoms. The van der Waals surface area contributed by atoms with Gasteiger partial charge in [0.1, 0.15) is 17.3 Å². The average Bonchev–Trinajstić information content (AvgIpc) is 3.02. The third-order valence-electron chi connectivity index (χ3n) is 3.60. The lowest BCUT2D eigenvalue weighted by molar-refractivity contribution is 0.102. The normalized spacial score (nSPS) is 10.7. The Bertz CT molecular complexity index is 831. The lowest BCUT2D eigenvalue weighted by Gasteiger charge is -2.08. The minimum atomic E-state index is -0.187. The lowest BCUT2D eigenvalue weighted by atomic mass is 10.2. The fourth-order valence-corrected chi connectivity index (χ4v) is 2.56. The van der Waals surface area contributed by atoms with E-state index in [9.17, 15) is 4.79 Å². The van der Waals surface area contributed by atoms with Crippen LogP contribution in [-0.4, -0.2) is 15.7 Å². The Morgan fingerprint density at radius 3 is 2.57 bits per heavy atom. The summed E-state index contributed by atoms with van der Waals surface area (Å²) in [5.41, 5.74) is 2.53. The van der Waals surface area contributed by atoms with Gasteiger partial charge in [-0.2, -0.15) is 5.10 Å². The van der Waals surface area contributed by atoms with Gasteiger partial charge in [-0.05, 0) is 32.4 Å². The minimum Gasteiger partial charge on any atom is -0.466 e. The quantitative estimate of drug-likeness (QED) is 0.799. The first-order valence-electron chi connectivity index (χ1n) is 7.49. The molecular weight excluding hydrogens is 290 g/mol. The zero-order valence-corrected chi connectivity index (χ0v) is 13.5. The second kappa shape index (κ2) is 6.12. The molecule has 0 aliphatic rings. The van der Waals surface area contributed by atoms with Gasteiger partial charge in [0.2, 0.25) is 0 Å². The van der Waals surface area contributed by atoms with Crippen LogP contribution in [0.25, 0.3) is 0 Å². The highest BCUT2D eigenvalue weighted by Crippen LogP contribution is 2.18. The van der Waals surface area contributed by atoms with Crippen LogP contribution in [0.3, 0.4) is 0 Å². The Morgan fingerprint density at radius 2 is 1.91 bits per heavy atom. The third-order valence-corrected chi connectivity index (χ3v) is 3.60. The van der Waals surface area contributed by atoms with Crippen LogP contribution in [0.5, 0.6) is 0 Å². The number of carbonyl (C=O) groups is 1. The molecule has 0 spiro atoms. The van der Waals surface area contributed by atoms with Crippen molar-refractivity contribution in [3.05, 3.63) is 70.8 Å². The predicted molar refractivity (Wildman–Crippen MR) is 88.6 cm³/mol. The van der Waals surface area contributed by atoms with Crippen molar-refractivity contribution in [2.75, 3.05) is 5.32 Å². The van der Waals surface area contributed by atoms with Crippen LogP contribution >= 0.6 is 0 Å². The maximum absolute atomic E-state index is 12.4. The number of carbonyl (C=O) groups excluding carboxylic acids is 1. The fraction of sp³-hybridized carbons (Fsp3) is 0.222. The minimum absolute atomic E-state index is 0.187. The van der Waals surface area contributed by atoms with E-state index in [1.54, 1.807) is 17.7 Å². The zero-order valence-electron chi connectivity index (χ0n) is 13.5.